The van der Waals surface area contributed by atoms with Gasteiger partial charge in [0.15, 0.2) is 0 Å². The Labute approximate surface area is 73.0 Å². The summed E-state index contributed by atoms with van der Waals surface area (Å²) in [5.74, 6) is 0. The van der Waals surface area contributed by atoms with Crippen LogP contribution in [0.4, 0.5) is 0 Å². The lowest BCUT2D eigenvalue weighted by Crippen LogP contribution is -2.30. The predicted molar refractivity (Wildman–Crippen MR) is 47.9 cm³/mol. The fourth-order valence-electron chi connectivity index (χ4n) is 1.78. The topological polar surface area (TPSA) is 21.1 Å². The van der Waals surface area contributed by atoms with Crippen molar-refractivity contribution >= 4 is 0 Å². The Kier molecular flexibility index (Phi) is 1.89. The van der Waals surface area contributed by atoms with Gasteiger partial charge in [-0.25, -0.2) is 4.98 Å². The molecule has 0 atom stereocenters. The molecule has 0 amide bonds. The zero-order chi connectivity index (χ0) is 8.55. The maximum atomic E-state index is 4.38. The van der Waals surface area contributed by atoms with Crippen LogP contribution in [0.15, 0.2) is 6.33 Å². The molecule has 0 aromatic carbocycles. The number of likely N-dealkylation sites (N-methyl/N-ethyl adjacent to an activating group) is 1. The summed E-state index contributed by atoms with van der Waals surface area (Å²) in [6, 6.07) is 0. The molecule has 1 aliphatic heterocycles. The highest BCUT2D eigenvalue weighted by atomic mass is 15.2. The van der Waals surface area contributed by atoms with Gasteiger partial charge < -0.3 is 4.57 Å². The lowest BCUT2D eigenvalue weighted by Gasteiger charge is -2.24. The van der Waals surface area contributed by atoms with E-state index in [-0.39, 0.29) is 0 Å². The van der Waals surface area contributed by atoms with Crippen molar-refractivity contribution in [2.24, 2.45) is 7.05 Å². The highest BCUT2D eigenvalue weighted by Crippen LogP contribution is 2.15. The molecule has 2 rings (SSSR count). The first-order valence-electron chi connectivity index (χ1n) is 4.52. The highest BCUT2D eigenvalue weighted by Gasteiger charge is 2.17. The van der Waals surface area contributed by atoms with E-state index in [2.05, 4.69) is 28.4 Å². The smallest absolute Gasteiger partial charge is 0.0949 e. The van der Waals surface area contributed by atoms with Gasteiger partial charge in [-0.3, -0.25) is 4.90 Å². The van der Waals surface area contributed by atoms with Crippen molar-refractivity contribution in [3.8, 4) is 0 Å². The van der Waals surface area contributed by atoms with Crippen LogP contribution in [-0.2, 0) is 20.0 Å². The van der Waals surface area contributed by atoms with E-state index in [4.69, 9.17) is 0 Å². The number of aryl methyl sites for hydroxylation is 1. The van der Waals surface area contributed by atoms with Crippen LogP contribution in [0.2, 0.25) is 0 Å². The van der Waals surface area contributed by atoms with Gasteiger partial charge in [-0.2, -0.15) is 0 Å². The molecule has 0 N–H and O–H groups in total. The molecule has 0 radical (unpaired) electrons. The number of hydrogen-bond acceptors (Lipinski definition) is 2. The van der Waals surface area contributed by atoms with Crippen molar-refractivity contribution in [3.63, 3.8) is 0 Å². The minimum atomic E-state index is 1.03. The zero-order valence-corrected chi connectivity index (χ0v) is 7.75. The summed E-state index contributed by atoms with van der Waals surface area (Å²) < 4.78 is 2.14. The summed E-state index contributed by atoms with van der Waals surface area (Å²) in [4.78, 5) is 6.80. The summed E-state index contributed by atoms with van der Waals surface area (Å²) in [6.45, 7) is 5.56. The number of imidazole rings is 1. The maximum absolute atomic E-state index is 4.38. The summed E-state index contributed by atoms with van der Waals surface area (Å²) in [6.07, 6.45) is 3.07. The van der Waals surface area contributed by atoms with Gasteiger partial charge in [-0.1, -0.05) is 6.92 Å². The minimum Gasteiger partial charge on any atom is -0.337 e. The normalized spacial score (nSPS) is 17.8. The Bertz CT molecular complexity index is 277. The number of hydrogen-bond donors (Lipinski definition) is 0. The van der Waals surface area contributed by atoms with E-state index in [0.717, 1.165) is 19.5 Å². The molecule has 0 bridgehead atoms. The Morgan fingerprint density at radius 2 is 2.42 bits per heavy atom. The number of fused-ring (bicyclic) bond motifs is 1. The van der Waals surface area contributed by atoms with Crippen LogP contribution in [-0.4, -0.2) is 27.5 Å². The van der Waals surface area contributed by atoms with E-state index < -0.39 is 0 Å². The van der Waals surface area contributed by atoms with Crippen molar-refractivity contribution < 1.29 is 0 Å². The predicted octanol–water partition coefficient (Wildman–Crippen LogP) is 0.798. The fraction of sp³-hybridized carbons (Fsp3) is 0.667. The SMILES string of the molecule is CCN1CCc2c(ncn2C)C1. The van der Waals surface area contributed by atoms with Gasteiger partial charge in [0.25, 0.3) is 0 Å². The molecule has 1 aromatic heterocycles. The molecule has 66 valence electrons. The largest absolute Gasteiger partial charge is 0.337 e. The Morgan fingerprint density at radius 3 is 3.17 bits per heavy atom. The van der Waals surface area contributed by atoms with Gasteiger partial charge in [-0.15, -0.1) is 0 Å². The fourth-order valence-corrected chi connectivity index (χ4v) is 1.78. The van der Waals surface area contributed by atoms with Crippen molar-refractivity contribution in [1.82, 2.24) is 14.5 Å². The number of nitrogens with zero attached hydrogens (tertiary/aromatic N) is 3. The second-order valence-corrected chi connectivity index (χ2v) is 3.37. The Balaban J connectivity index is 2.24. The average Bonchev–Trinajstić information content (AvgIpc) is 2.47. The molecule has 1 aliphatic rings. The minimum absolute atomic E-state index is 1.03. The molecule has 0 saturated carbocycles. The molecule has 0 unspecified atom stereocenters. The van der Waals surface area contributed by atoms with Crippen LogP contribution in [0.25, 0.3) is 0 Å². The van der Waals surface area contributed by atoms with E-state index in [1.165, 1.54) is 17.9 Å². The monoisotopic (exact) mass is 165 g/mol. The van der Waals surface area contributed by atoms with Crippen LogP contribution < -0.4 is 0 Å². The van der Waals surface area contributed by atoms with Crippen LogP contribution in [0, 0.1) is 0 Å². The Hall–Kier alpha value is -0.830. The molecule has 1 aromatic rings. The summed E-state index contributed by atoms with van der Waals surface area (Å²) in [7, 11) is 2.08. The van der Waals surface area contributed by atoms with Crippen LogP contribution in [0.5, 0.6) is 0 Å². The summed E-state index contributed by atoms with van der Waals surface area (Å²) in [5, 5.41) is 0. The molecule has 0 saturated heterocycles. The van der Waals surface area contributed by atoms with Gasteiger partial charge in [0, 0.05) is 32.3 Å². The van der Waals surface area contributed by atoms with E-state index in [1.54, 1.807) is 0 Å². The van der Waals surface area contributed by atoms with Crippen molar-refractivity contribution in [2.45, 2.75) is 19.9 Å². The third-order valence-electron chi connectivity index (χ3n) is 2.63. The molecule has 0 aliphatic carbocycles. The van der Waals surface area contributed by atoms with Gasteiger partial charge >= 0.3 is 0 Å². The van der Waals surface area contributed by atoms with Crippen LogP contribution in [0.3, 0.4) is 0 Å². The molecule has 0 fully saturated rings. The van der Waals surface area contributed by atoms with E-state index in [9.17, 15) is 0 Å². The van der Waals surface area contributed by atoms with Crippen LogP contribution in [0.1, 0.15) is 18.3 Å². The average molecular weight is 165 g/mol. The molecule has 12 heavy (non-hydrogen) atoms. The van der Waals surface area contributed by atoms with E-state index >= 15 is 0 Å². The van der Waals surface area contributed by atoms with E-state index in [0.29, 0.717) is 0 Å². The quantitative estimate of drug-likeness (QED) is 0.613. The molecule has 3 heteroatoms. The highest BCUT2D eigenvalue weighted by molar-refractivity contribution is 5.15. The first kappa shape index (κ1) is 7.80. The number of rotatable bonds is 1. The van der Waals surface area contributed by atoms with Crippen molar-refractivity contribution in [3.05, 3.63) is 17.7 Å². The molecule has 0 spiro atoms. The standard InChI is InChI=1S/C9H15N3/c1-3-12-5-4-9-8(6-12)10-7-11(9)2/h7H,3-6H2,1-2H3. The van der Waals surface area contributed by atoms with Gasteiger partial charge in [0.2, 0.25) is 0 Å². The van der Waals surface area contributed by atoms with Gasteiger partial charge in [-0.05, 0) is 6.54 Å². The second-order valence-electron chi connectivity index (χ2n) is 3.37. The Morgan fingerprint density at radius 1 is 1.58 bits per heavy atom. The molecule has 3 nitrogen and oxygen atoms in total. The van der Waals surface area contributed by atoms with Gasteiger partial charge in [0.05, 0.1) is 12.0 Å². The number of aromatic nitrogens is 2. The van der Waals surface area contributed by atoms with E-state index in [1.807, 2.05) is 6.33 Å². The third-order valence-corrected chi connectivity index (χ3v) is 2.63. The van der Waals surface area contributed by atoms with Crippen molar-refractivity contribution in [2.75, 3.05) is 13.1 Å². The lowest BCUT2D eigenvalue weighted by atomic mass is 10.1. The third kappa shape index (κ3) is 1.14. The van der Waals surface area contributed by atoms with Crippen molar-refractivity contribution in [1.29, 1.82) is 0 Å². The molecular weight excluding hydrogens is 150 g/mol. The van der Waals surface area contributed by atoms with Gasteiger partial charge in [0.1, 0.15) is 0 Å². The summed E-state index contributed by atoms with van der Waals surface area (Å²) in [5.41, 5.74) is 2.69. The zero-order valence-electron chi connectivity index (χ0n) is 7.75. The molecular formula is C9H15N3. The first-order valence-corrected chi connectivity index (χ1v) is 4.52. The van der Waals surface area contributed by atoms with Crippen LogP contribution >= 0.6 is 0 Å². The first-order chi connectivity index (χ1) is 5.81. The summed E-state index contributed by atoms with van der Waals surface area (Å²) >= 11 is 0. The molecule has 2 heterocycles. The maximum Gasteiger partial charge on any atom is 0.0949 e. The lowest BCUT2D eigenvalue weighted by molar-refractivity contribution is 0.262. The second kappa shape index (κ2) is 2.90.